The van der Waals surface area contributed by atoms with E-state index in [2.05, 4.69) is 6.92 Å². The Morgan fingerprint density at radius 3 is 2.16 bits per heavy atom. The summed E-state index contributed by atoms with van der Waals surface area (Å²) in [4.78, 5) is 30.6. The van der Waals surface area contributed by atoms with Crippen molar-refractivity contribution in [3.8, 4) is 5.75 Å². The van der Waals surface area contributed by atoms with Gasteiger partial charge < -0.3 is 14.4 Å². The quantitative estimate of drug-likeness (QED) is 0.639. The second kappa shape index (κ2) is 9.17. The van der Waals surface area contributed by atoms with Crippen LogP contribution < -0.4 is 9.64 Å². The largest absolute Gasteiger partial charge is 0.494 e. The Labute approximate surface area is 189 Å². The number of nitrogens with zero attached hydrogens (tertiary/aromatic N) is 2. The number of hydrogen-bond donors (Lipinski definition) is 0. The lowest BCUT2D eigenvalue weighted by Crippen LogP contribution is -2.47. The molecule has 2 unspecified atom stereocenters. The first-order valence-electron chi connectivity index (χ1n) is 11.2. The van der Waals surface area contributed by atoms with E-state index >= 15 is 0 Å². The molecule has 1 saturated heterocycles. The number of carbonyl (C=O) groups excluding carboxylic acids is 2. The number of hydrogen-bond acceptors (Lipinski definition) is 5. The highest BCUT2D eigenvalue weighted by Gasteiger charge is 2.43. The molecule has 2 atom stereocenters. The van der Waals surface area contributed by atoms with Crippen LogP contribution in [0, 0.1) is 6.92 Å². The molecule has 0 spiro atoms. The van der Waals surface area contributed by atoms with Crippen molar-refractivity contribution in [3.63, 3.8) is 0 Å². The summed E-state index contributed by atoms with van der Waals surface area (Å²) in [6.07, 6.45) is 0.852. The SMILES string of the molecule is CCCOc1ccc(C2=C(N3CC(C)OC(C)C3)C(=O)N(c3ccc(C)cc3)C2=O)cc1. The zero-order valence-electron chi connectivity index (χ0n) is 19.1. The Bertz CT molecular complexity index is 1020. The van der Waals surface area contributed by atoms with Crippen molar-refractivity contribution < 1.29 is 19.1 Å². The molecule has 4 rings (SSSR count). The Morgan fingerprint density at radius 1 is 0.938 bits per heavy atom. The van der Waals surface area contributed by atoms with Crippen LogP contribution in [0.2, 0.25) is 0 Å². The maximum Gasteiger partial charge on any atom is 0.282 e. The fourth-order valence-corrected chi connectivity index (χ4v) is 4.30. The molecule has 2 aliphatic heterocycles. The third-order valence-electron chi connectivity index (χ3n) is 5.70. The average molecular weight is 435 g/mol. The summed E-state index contributed by atoms with van der Waals surface area (Å²) in [5.41, 5.74) is 3.23. The summed E-state index contributed by atoms with van der Waals surface area (Å²) in [5.74, 6) is 0.155. The van der Waals surface area contributed by atoms with Gasteiger partial charge in [-0.3, -0.25) is 9.59 Å². The standard InChI is InChI=1S/C26H30N2O4/c1-5-14-31-22-12-8-20(9-13-22)23-24(27-15-18(3)32-19(4)16-27)26(30)28(25(23)29)21-10-6-17(2)7-11-21/h6-13,18-19H,5,14-16H2,1-4H3. The van der Waals surface area contributed by atoms with Crippen LogP contribution in [-0.2, 0) is 14.3 Å². The summed E-state index contributed by atoms with van der Waals surface area (Å²) in [6, 6.07) is 14.9. The maximum atomic E-state index is 13.6. The van der Waals surface area contributed by atoms with Crippen LogP contribution in [0.4, 0.5) is 5.69 Å². The topological polar surface area (TPSA) is 59.1 Å². The molecule has 2 aromatic rings. The van der Waals surface area contributed by atoms with E-state index in [1.165, 1.54) is 4.90 Å². The number of morpholine rings is 1. The van der Waals surface area contributed by atoms with Gasteiger partial charge in [-0.25, -0.2) is 4.90 Å². The molecule has 0 aromatic heterocycles. The smallest absolute Gasteiger partial charge is 0.282 e. The van der Waals surface area contributed by atoms with Gasteiger partial charge in [0.2, 0.25) is 0 Å². The number of carbonyl (C=O) groups is 2. The van der Waals surface area contributed by atoms with Gasteiger partial charge >= 0.3 is 0 Å². The first-order valence-corrected chi connectivity index (χ1v) is 11.2. The lowest BCUT2D eigenvalue weighted by molar-refractivity contribution is -0.121. The fourth-order valence-electron chi connectivity index (χ4n) is 4.30. The van der Waals surface area contributed by atoms with E-state index in [1.807, 2.05) is 74.2 Å². The Morgan fingerprint density at radius 2 is 1.56 bits per heavy atom. The van der Waals surface area contributed by atoms with Crippen LogP contribution in [0.5, 0.6) is 5.75 Å². The second-order valence-electron chi connectivity index (χ2n) is 8.54. The van der Waals surface area contributed by atoms with Crippen molar-refractivity contribution >= 4 is 23.1 Å². The second-order valence-corrected chi connectivity index (χ2v) is 8.54. The minimum atomic E-state index is -0.303. The van der Waals surface area contributed by atoms with E-state index < -0.39 is 0 Å². The third kappa shape index (κ3) is 4.28. The van der Waals surface area contributed by atoms with Gasteiger partial charge in [-0.1, -0.05) is 36.8 Å². The lowest BCUT2D eigenvalue weighted by atomic mass is 10.0. The molecule has 1 fully saturated rings. The van der Waals surface area contributed by atoms with Crippen LogP contribution in [0.1, 0.15) is 38.3 Å². The third-order valence-corrected chi connectivity index (χ3v) is 5.70. The predicted octanol–water partition coefficient (Wildman–Crippen LogP) is 4.18. The molecule has 6 nitrogen and oxygen atoms in total. The molecular weight excluding hydrogens is 404 g/mol. The Kier molecular flexibility index (Phi) is 6.33. The van der Waals surface area contributed by atoms with E-state index in [1.54, 1.807) is 0 Å². The molecule has 2 aliphatic rings. The molecule has 0 radical (unpaired) electrons. The first kappa shape index (κ1) is 22.1. The molecule has 0 bridgehead atoms. The Balaban J connectivity index is 1.76. The molecule has 0 saturated carbocycles. The van der Waals surface area contributed by atoms with Crippen molar-refractivity contribution in [2.45, 2.75) is 46.3 Å². The molecule has 2 aromatic carbocycles. The summed E-state index contributed by atoms with van der Waals surface area (Å²) >= 11 is 0. The van der Waals surface area contributed by atoms with Gasteiger partial charge in [-0.2, -0.15) is 0 Å². The molecule has 2 amide bonds. The normalized spacial score (nSPS) is 21.5. The first-order chi connectivity index (χ1) is 15.4. The van der Waals surface area contributed by atoms with Gasteiger partial charge in [0.15, 0.2) is 0 Å². The number of amides is 2. The zero-order chi connectivity index (χ0) is 22.8. The number of anilines is 1. The Hall–Kier alpha value is -3.12. The molecule has 32 heavy (non-hydrogen) atoms. The highest BCUT2D eigenvalue weighted by molar-refractivity contribution is 6.45. The van der Waals surface area contributed by atoms with Crippen LogP contribution in [0.15, 0.2) is 54.2 Å². The van der Waals surface area contributed by atoms with E-state index in [-0.39, 0.29) is 24.0 Å². The predicted molar refractivity (Wildman–Crippen MR) is 124 cm³/mol. The number of benzene rings is 2. The molecule has 0 aliphatic carbocycles. The van der Waals surface area contributed by atoms with Gasteiger partial charge in [0.25, 0.3) is 11.8 Å². The lowest BCUT2D eigenvalue weighted by Gasteiger charge is -2.37. The van der Waals surface area contributed by atoms with Gasteiger partial charge in [-0.15, -0.1) is 0 Å². The summed E-state index contributed by atoms with van der Waals surface area (Å²) in [5, 5.41) is 0. The van der Waals surface area contributed by atoms with Crippen molar-refractivity contribution in [2.75, 3.05) is 24.6 Å². The minimum Gasteiger partial charge on any atom is -0.494 e. The van der Waals surface area contributed by atoms with Crippen LogP contribution in [0.25, 0.3) is 5.57 Å². The van der Waals surface area contributed by atoms with Gasteiger partial charge in [0.05, 0.1) is 30.1 Å². The molecule has 168 valence electrons. The average Bonchev–Trinajstić information content (AvgIpc) is 3.03. The maximum absolute atomic E-state index is 13.6. The monoisotopic (exact) mass is 434 g/mol. The number of imide groups is 1. The zero-order valence-corrected chi connectivity index (χ0v) is 19.1. The van der Waals surface area contributed by atoms with Crippen LogP contribution >= 0.6 is 0 Å². The van der Waals surface area contributed by atoms with E-state index in [4.69, 9.17) is 9.47 Å². The summed E-state index contributed by atoms with van der Waals surface area (Å²) < 4.78 is 11.6. The highest BCUT2D eigenvalue weighted by Crippen LogP contribution is 2.36. The van der Waals surface area contributed by atoms with Crippen molar-refractivity contribution in [1.82, 2.24) is 4.90 Å². The summed E-state index contributed by atoms with van der Waals surface area (Å²) in [6.45, 7) is 9.76. The molecular formula is C26H30N2O4. The van der Waals surface area contributed by atoms with Crippen molar-refractivity contribution in [3.05, 3.63) is 65.4 Å². The van der Waals surface area contributed by atoms with Gasteiger partial charge in [0, 0.05) is 13.1 Å². The molecule has 6 heteroatoms. The van der Waals surface area contributed by atoms with Gasteiger partial charge in [-0.05, 0) is 57.0 Å². The summed E-state index contributed by atoms with van der Waals surface area (Å²) in [7, 11) is 0. The van der Waals surface area contributed by atoms with Crippen molar-refractivity contribution in [1.29, 1.82) is 0 Å². The molecule has 2 heterocycles. The number of aryl methyl sites for hydroxylation is 1. The van der Waals surface area contributed by atoms with Gasteiger partial charge in [0.1, 0.15) is 11.4 Å². The van der Waals surface area contributed by atoms with E-state index in [0.29, 0.717) is 42.2 Å². The van der Waals surface area contributed by atoms with Crippen LogP contribution in [-0.4, -0.2) is 48.6 Å². The number of rotatable bonds is 6. The minimum absolute atomic E-state index is 0.0337. The fraction of sp³-hybridized carbons (Fsp3) is 0.385. The van der Waals surface area contributed by atoms with Crippen LogP contribution in [0.3, 0.4) is 0 Å². The van der Waals surface area contributed by atoms with E-state index in [9.17, 15) is 9.59 Å². The van der Waals surface area contributed by atoms with Crippen molar-refractivity contribution in [2.24, 2.45) is 0 Å². The van der Waals surface area contributed by atoms with E-state index in [0.717, 1.165) is 17.7 Å². The highest BCUT2D eigenvalue weighted by atomic mass is 16.5. The number of ether oxygens (including phenoxy) is 2. The molecule has 0 N–H and O–H groups in total.